The van der Waals surface area contributed by atoms with Crippen molar-refractivity contribution in [3.05, 3.63) is 60.1 Å². The van der Waals surface area contributed by atoms with E-state index in [0.717, 1.165) is 5.56 Å². The Kier molecular flexibility index (Phi) is 6.89. The average molecular weight is 399 g/mol. The Bertz CT molecular complexity index is 814. The Morgan fingerprint density at radius 3 is 2.34 bits per heavy atom. The summed E-state index contributed by atoms with van der Waals surface area (Å²) in [6, 6.07) is 12.0. The van der Waals surface area contributed by atoms with Crippen LogP contribution in [0.25, 0.3) is 0 Å². The van der Waals surface area contributed by atoms with Gasteiger partial charge in [-0.25, -0.2) is 4.79 Å². The van der Waals surface area contributed by atoms with Crippen LogP contribution in [0.3, 0.4) is 0 Å². The van der Waals surface area contributed by atoms with E-state index in [0.29, 0.717) is 39.2 Å². The molecule has 0 radical (unpaired) electrons. The van der Waals surface area contributed by atoms with Gasteiger partial charge in [-0.1, -0.05) is 30.3 Å². The molecule has 1 aliphatic heterocycles. The first-order chi connectivity index (χ1) is 14.1. The van der Waals surface area contributed by atoms with Crippen molar-refractivity contribution >= 4 is 17.9 Å². The number of ether oxygens (including phenoxy) is 1. The monoisotopic (exact) mass is 399 g/mol. The van der Waals surface area contributed by atoms with Gasteiger partial charge in [-0.3, -0.25) is 9.59 Å². The van der Waals surface area contributed by atoms with Crippen LogP contribution < -0.4 is 5.32 Å². The van der Waals surface area contributed by atoms with E-state index < -0.39 is 11.9 Å². The van der Waals surface area contributed by atoms with Crippen molar-refractivity contribution in [2.75, 3.05) is 32.8 Å². The lowest BCUT2D eigenvalue weighted by molar-refractivity contribution is -0.134. The molecule has 1 fully saturated rings. The van der Waals surface area contributed by atoms with Crippen molar-refractivity contribution in [3.8, 4) is 0 Å². The third kappa shape index (κ3) is 5.37. The van der Waals surface area contributed by atoms with E-state index in [-0.39, 0.29) is 17.8 Å². The molecule has 0 bridgehead atoms. The maximum absolute atomic E-state index is 13.2. The molecule has 8 heteroatoms. The van der Waals surface area contributed by atoms with Gasteiger partial charge in [0.15, 0.2) is 5.76 Å². The standard InChI is InChI=1S/C21H25N3O5/c1-2-28-21(27)24-12-10-23(11-13-24)20(26)17(15-16-7-4-3-5-8-16)22-19(25)18-9-6-14-29-18/h3-9,14,17H,2,10-13,15H2,1H3,(H,22,25). The van der Waals surface area contributed by atoms with Gasteiger partial charge in [-0.05, 0) is 24.6 Å². The summed E-state index contributed by atoms with van der Waals surface area (Å²) in [6.07, 6.45) is 1.41. The topological polar surface area (TPSA) is 92.1 Å². The van der Waals surface area contributed by atoms with Gasteiger partial charge in [0, 0.05) is 32.6 Å². The minimum absolute atomic E-state index is 0.156. The predicted molar refractivity (Wildman–Crippen MR) is 105 cm³/mol. The molecule has 1 saturated heterocycles. The van der Waals surface area contributed by atoms with E-state index in [4.69, 9.17) is 9.15 Å². The molecule has 3 rings (SSSR count). The molecule has 1 aromatic heterocycles. The highest BCUT2D eigenvalue weighted by atomic mass is 16.6. The third-order valence-electron chi connectivity index (χ3n) is 4.75. The van der Waals surface area contributed by atoms with Crippen LogP contribution in [0.2, 0.25) is 0 Å². The summed E-state index contributed by atoms with van der Waals surface area (Å²) in [6.45, 7) is 3.64. The maximum Gasteiger partial charge on any atom is 0.409 e. The lowest BCUT2D eigenvalue weighted by Gasteiger charge is -2.36. The van der Waals surface area contributed by atoms with Gasteiger partial charge in [0.1, 0.15) is 6.04 Å². The molecule has 1 N–H and O–H groups in total. The minimum atomic E-state index is -0.732. The summed E-state index contributed by atoms with van der Waals surface area (Å²) in [4.78, 5) is 40.7. The number of furan rings is 1. The fourth-order valence-electron chi connectivity index (χ4n) is 3.23. The molecule has 1 aliphatic rings. The zero-order valence-electron chi connectivity index (χ0n) is 16.4. The van der Waals surface area contributed by atoms with E-state index in [9.17, 15) is 14.4 Å². The fourth-order valence-corrected chi connectivity index (χ4v) is 3.23. The van der Waals surface area contributed by atoms with Gasteiger partial charge in [-0.2, -0.15) is 0 Å². The number of nitrogens with one attached hydrogen (secondary N) is 1. The van der Waals surface area contributed by atoms with Crippen LogP contribution in [0.5, 0.6) is 0 Å². The molecule has 3 amide bonds. The summed E-state index contributed by atoms with van der Waals surface area (Å²) in [5.74, 6) is -0.463. The van der Waals surface area contributed by atoms with Crippen LogP contribution >= 0.6 is 0 Å². The highest BCUT2D eigenvalue weighted by molar-refractivity contribution is 5.95. The van der Waals surface area contributed by atoms with Crippen molar-refractivity contribution in [1.82, 2.24) is 15.1 Å². The smallest absolute Gasteiger partial charge is 0.409 e. The summed E-state index contributed by atoms with van der Waals surface area (Å²) in [5.41, 5.74) is 0.941. The zero-order chi connectivity index (χ0) is 20.6. The van der Waals surface area contributed by atoms with E-state index in [2.05, 4.69) is 5.32 Å². The number of nitrogens with zero attached hydrogens (tertiary/aromatic N) is 2. The van der Waals surface area contributed by atoms with Crippen LogP contribution in [-0.4, -0.2) is 66.5 Å². The van der Waals surface area contributed by atoms with Gasteiger partial charge in [-0.15, -0.1) is 0 Å². The number of hydrogen-bond acceptors (Lipinski definition) is 5. The van der Waals surface area contributed by atoms with Crippen molar-refractivity contribution in [2.45, 2.75) is 19.4 Å². The van der Waals surface area contributed by atoms with Crippen molar-refractivity contribution < 1.29 is 23.5 Å². The first-order valence-corrected chi connectivity index (χ1v) is 9.67. The Hall–Kier alpha value is -3.29. The van der Waals surface area contributed by atoms with Crippen LogP contribution in [0, 0.1) is 0 Å². The lowest BCUT2D eigenvalue weighted by Crippen LogP contribution is -2.56. The van der Waals surface area contributed by atoms with E-state index in [1.807, 2.05) is 30.3 Å². The second kappa shape index (κ2) is 9.77. The molecule has 2 heterocycles. The highest BCUT2D eigenvalue weighted by Gasteiger charge is 2.31. The number of carbonyl (C=O) groups excluding carboxylic acids is 3. The summed E-state index contributed by atoms with van der Waals surface area (Å²) in [7, 11) is 0. The number of rotatable bonds is 6. The van der Waals surface area contributed by atoms with Gasteiger partial charge < -0.3 is 24.3 Å². The molecule has 2 aromatic rings. The molecule has 0 aliphatic carbocycles. The zero-order valence-corrected chi connectivity index (χ0v) is 16.4. The minimum Gasteiger partial charge on any atom is -0.459 e. The quantitative estimate of drug-likeness (QED) is 0.801. The molecular formula is C21H25N3O5. The van der Waals surface area contributed by atoms with Gasteiger partial charge in [0.05, 0.1) is 12.9 Å². The van der Waals surface area contributed by atoms with Crippen LogP contribution in [-0.2, 0) is 16.0 Å². The Balaban J connectivity index is 1.67. The average Bonchev–Trinajstić information content (AvgIpc) is 3.29. The number of amides is 3. The fraction of sp³-hybridized carbons (Fsp3) is 0.381. The van der Waals surface area contributed by atoms with E-state index in [1.54, 1.807) is 28.9 Å². The second-order valence-electron chi connectivity index (χ2n) is 6.70. The molecule has 29 heavy (non-hydrogen) atoms. The van der Waals surface area contributed by atoms with Gasteiger partial charge >= 0.3 is 6.09 Å². The van der Waals surface area contributed by atoms with Crippen LogP contribution in [0.4, 0.5) is 4.79 Å². The van der Waals surface area contributed by atoms with E-state index in [1.165, 1.54) is 6.26 Å². The van der Waals surface area contributed by atoms with Crippen molar-refractivity contribution in [3.63, 3.8) is 0 Å². The molecule has 8 nitrogen and oxygen atoms in total. The van der Waals surface area contributed by atoms with Crippen molar-refractivity contribution in [1.29, 1.82) is 0 Å². The lowest BCUT2D eigenvalue weighted by atomic mass is 10.0. The highest BCUT2D eigenvalue weighted by Crippen LogP contribution is 2.11. The maximum atomic E-state index is 13.2. The first-order valence-electron chi connectivity index (χ1n) is 9.67. The summed E-state index contributed by atoms with van der Waals surface area (Å²) >= 11 is 0. The SMILES string of the molecule is CCOC(=O)N1CCN(C(=O)C(Cc2ccccc2)NC(=O)c2ccco2)CC1. The molecule has 0 spiro atoms. The van der Waals surface area contributed by atoms with Crippen LogP contribution in [0.1, 0.15) is 23.0 Å². The molecule has 1 aromatic carbocycles. The number of piperazine rings is 1. The van der Waals surface area contributed by atoms with Gasteiger partial charge in [0.2, 0.25) is 5.91 Å². The second-order valence-corrected chi connectivity index (χ2v) is 6.70. The number of benzene rings is 1. The Labute approximate surface area is 169 Å². The van der Waals surface area contributed by atoms with Gasteiger partial charge in [0.25, 0.3) is 5.91 Å². The number of hydrogen-bond donors (Lipinski definition) is 1. The molecular weight excluding hydrogens is 374 g/mol. The molecule has 1 atom stereocenters. The molecule has 0 saturated carbocycles. The Morgan fingerprint density at radius 1 is 1.03 bits per heavy atom. The van der Waals surface area contributed by atoms with Crippen molar-refractivity contribution in [2.24, 2.45) is 0 Å². The predicted octanol–water partition coefficient (Wildman–Crippen LogP) is 1.92. The first kappa shape index (κ1) is 20.4. The normalized spacial score (nSPS) is 14.9. The largest absolute Gasteiger partial charge is 0.459 e. The Morgan fingerprint density at radius 2 is 1.72 bits per heavy atom. The van der Waals surface area contributed by atoms with Crippen LogP contribution in [0.15, 0.2) is 53.1 Å². The molecule has 1 unspecified atom stereocenters. The van der Waals surface area contributed by atoms with E-state index >= 15 is 0 Å². The number of carbonyl (C=O) groups is 3. The summed E-state index contributed by atoms with van der Waals surface area (Å²) in [5, 5.41) is 2.79. The third-order valence-corrected chi connectivity index (χ3v) is 4.75. The summed E-state index contributed by atoms with van der Waals surface area (Å²) < 4.78 is 10.2. The molecule has 154 valence electrons.